The summed E-state index contributed by atoms with van der Waals surface area (Å²) in [7, 11) is 1.93. The fourth-order valence-electron chi connectivity index (χ4n) is 2.39. The van der Waals surface area contributed by atoms with E-state index in [1.54, 1.807) is 10.6 Å². The number of hydrogen-bond acceptors (Lipinski definition) is 4. The maximum Gasteiger partial charge on any atom is 0.291 e. The lowest BCUT2D eigenvalue weighted by Gasteiger charge is -1.95. The molecule has 114 valence electrons. The quantitative estimate of drug-likeness (QED) is 0.574. The second kappa shape index (κ2) is 5.36. The molecule has 23 heavy (non-hydrogen) atoms. The Morgan fingerprint density at radius 3 is 2.87 bits per heavy atom. The van der Waals surface area contributed by atoms with Crippen molar-refractivity contribution < 1.29 is 4.79 Å². The Labute approximate surface area is 135 Å². The van der Waals surface area contributed by atoms with Gasteiger partial charge in [-0.05, 0) is 24.3 Å². The van der Waals surface area contributed by atoms with Crippen molar-refractivity contribution in [1.29, 1.82) is 0 Å². The number of pyridine rings is 1. The van der Waals surface area contributed by atoms with Crippen molar-refractivity contribution in [2.24, 2.45) is 12.1 Å². The molecule has 0 fully saturated rings. The summed E-state index contributed by atoms with van der Waals surface area (Å²) in [5.74, 6) is -0.328. The van der Waals surface area contributed by atoms with Gasteiger partial charge < -0.3 is 8.97 Å². The van der Waals surface area contributed by atoms with Crippen molar-refractivity contribution in [2.45, 2.75) is 0 Å². The van der Waals surface area contributed by atoms with E-state index in [2.05, 4.69) is 15.5 Å². The van der Waals surface area contributed by atoms with E-state index >= 15 is 0 Å². The zero-order valence-corrected chi connectivity index (χ0v) is 13.1. The number of nitrogens with zero attached hydrogens (tertiary/aromatic N) is 4. The van der Waals surface area contributed by atoms with Crippen LogP contribution in [0.3, 0.4) is 0 Å². The second-order valence-corrected chi connectivity index (χ2v) is 6.07. The van der Waals surface area contributed by atoms with Crippen molar-refractivity contribution in [3.05, 3.63) is 65.4 Å². The van der Waals surface area contributed by atoms with Gasteiger partial charge in [0.1, 0.15) is 11.3 Å². The minimum atomic E-state index is -0.328. The summed E-state index contributed by atoms with van der Waals surface area (Å²) in [6, 6.07) is 13.6. The number of amides is 1. The minimum Gasteiger partial charge on any atom is -0.318 e. The Morgan fingerprint density at radius 2 is 2.04 bits per heavy atom. The number of nitrogens with one attached hydrogen (secondary N) is 1. The molecular formula is C16H13N5OS. The van der Waals surface area contributed by atoms with Gasteiger partial charge in [0, 0.05) is 19.4 Å². The molecule has 0 aliphatic rings. The van der Waals surface area contributed by atoms with Crippen molar-refractivity contribution in [2.75, 3.05) is 0 Å². The largest absolute Gasteiger partial charge is 0.318 e. The van der Waals surface area contributed by atoms with Gasteiger partial charge in [-0.1, -0.05) is 29.5 Å². The van der Waals surface area contributed by atoms with Crippen LogP contribution in [0.1, 0.15) is 10.5 Å². The monoisotopic (exact) mass is 323 g/mol. The Hall–Kier alpha value is -2.93. The highest BCUT2D eigenvalue weighted by atomic mass is 32.1. The Bertz CT molecular complexity index is 1060. The van der Waals surface area contributed by atoms with Gasteiger partial charge in [-0.25, -0.2) is 10.4 Å². The maximum atomic E-state index is 12.2. The molecule has 0 bridgehead atoms. The molecule has 0 radical (unpaired) electrons. The smallest absolute Gasteiger partial charge is 0.291 e. The summed E-state index contributed by atoms with van der Waals surface area (Å²) in [6.45, 7) is 0. The van der Waals surface area contributed by atoms with Crippen molar-refractivity contribution in [3.63, 3.8) is 0 Å². The molecule has 4 rings (SSSR count). The summed E-state index contributed by atoms with van der Waals surface area (Å²) in [5.41, 5.74) is 4.72. The third kappa shape index (κ3) is 2.40. The molecule has 0 saturated heterocycles. The first kappa shape index (κ1) is 13.7. The normalized spacial score (nSPS) is 12.1. The van der Waals surface area contributed by atoms with Crippen LogP contribution in [0.5, 0.6) is 0 Å². The minimum absolute atomic E-state index is 0.328. The van der Waals surface area contributed by atoms with Crippen molar-refractivity contribution in [1.82, 2.24) is 19.4 Å². The Morgan fingerprint density at radius 1 is 1.22 bits per heavy atom. The standard InChI is InChI=1S/C16H13N5OS/c1-20-12-6-2-3-7-13(12)23-16(20)19-18-15(22)11-10-21-9-5-4-8-14(21)17-11/h2-10H,1H3,(H,18,22). The number of carbonyl (C=O) groups excluding carboxylic acids is 1. The van der Waals surface area contributed by atoms with E-state index in [4.69, 9.17) is 0 Å². The molecular weight excluding hydrogens is 310 g/mol. The van der Waals surface area contributed by atoms with Crippen LogP contribution in [0, 0.1) is 0 Å². The highest BCUT2D eigenvalue weighted by Gasteiger charge is 2.10. The summed E-state index contributed by atoms with van der Waals surface area (Å²) < 4.78 is 4.87. The van der Waals surface area contributed by atoms with Crippen LogP contribution in [0.2, 0.25) is 0 Å². The fraction of sp³-hybridized carbons (Fsp3) is 0.0625. The predicted molar refractivity (Wildman–Crippen MR) is 89.0 cm³/mol. The number of rotatable bonds is 2. The SMILES string of the molecule is Cn1c(=NNC(=O)c2cn3ccccc3n2)sc2ccccc21. The number of imidazole rings is 1. The zero-order chi connectivity index (χ0) is 15.8. The van der Waals surface area contributed by atoms with Crippen LogP contribution >= 0.6 is 11.3 Å². The molecule has 6 nitrogen and oxygen atoms in total. The molecule has 0 spiro atoms. The van der Waals surface area contributed by atoms with Gasteiger partial charge in [-0.3, -0.25) is 4.79 Å². The molecule has 1 aromatic carbocycles. The van der Waals surface area contributed by atoms with Crippen LogP contribution in [-0.4, -0.2) is 19.9 Å². The highest BCUT2D eigenvalue weighted by Crippen LogP contribution is 2.14. The van der Waals surface area contributed by atoms with E-state index in [0.29, 0.717) is 5.69 Å². The fourth-order valence-corrected chi connectivity index (χ4v) is 3.37. The van der Waals surface area contributed by atoms with Crippen LogP contribution < -0.4 is 10.2 Å². The number of benzene rings is 1. The first-order valence-electron chi connectivity index (χ1n) is 7.05. The molecule has 1 amide bonds. The highest BCUT2D eigenvalue weighted by molar-refractivity contribution is 7.16. The third-order valence-electron chi connectivity index (χ3n) is 3.56. The number of aryl methyl sites for hydroxylation is 1. The summed E-state index contributed by atoms with van der Waals surface area (Å²) in [6.07, 6.45) is 3.54. The van der Waals surface area contributed by atoms with E-state index in [9.17, 15) is 4.79 Å². The lowest BCUT2D eigenvalue weighted by Crippen LogP contribution is -2.23. The first-order chi connectivity index (χ1) is 11.2. The molecule has 7 heteroatoms. The number of fused-ring (bicyclic) bond motifs is 2. The van der Waals surface area contributed by atoms with Crippen molar-refractivity contribution >= 4 is 33.1 Å². The van der Waals surface area contributed by atoms with Crippen LogP contribution in [0.4, 0.5) is 0 Å². The Kier molecular flexibility index (Phi) is 3.20. The molecule has 0 aliphatic carbocycles. The average molecular weight is 323 g/mol. The molecule has 0 aliphatic heterocycles. The topological polar surface area (TPSA) is 63.7 Å². The first-order valence-corrected chi connectivity index (χ1v) is 7.86. The van der Waals surface area contributed by atoms with E-state index in [0.717, 1.165) is 20.7 Å². The number of para-hydroxylation sites is 1. The van der Waals surface area contributed by atoms with Crippen LogP contribution in [0.15, 0.2) is 60.0 Å². The number of hydrogen-bond donors (Lipinski definition) is 1. The van der Waals surface area contributed by atoms with Gasteiger partial charge in [0.25, 0.3) is 5.91 Å². The molecule has 0 unspecified atom stereocenters. The summed E-state index contributed by atoms with van der Waals surface area (Å²) in [5, 5.41) is 4.22. The van der Waals surface area contributed by atoms with Crippen LogP contribution in [-0.2, 0) is 7.05 Å². The number of thiazole rings is 1. The average Bonchev–Trinajstić information content (AvgIpc) is 3.15. The molecule has 1 N–H and O–H groups in total. The molecule has 0 atom stereocenters. The van der Waals surface area contributed by atoms with E-state index in [-0.39, 0.29) is 5.91 Å². The number of aromatic nitrogens is 3. The second-order valence-electron chi connectivity index (χ2n) is 5.06. The molecule has 3 aromatic heterocycles. The molecule has 0 saturated carbocycles. The lowest BCUT2D eigenvalue weighted by atomic mass is 10.3. The maximum absolute atomic E-state index is 12.2. The Balaban J connectivity index is 1.66. The zero-order valence-electron chi connectivity index (χ0n) is 12.3. The van der Waals surface area contributed by atoms with Gasteiger partial charge in [0.15, 0.2) is 0 Å². The van der Waals surface area contributed by atoms with Gasteiger partial charge >= 0.3 is 0 Å². The predicted octanol–water partition coefficient (Wildman–Crippen LogP) is 2.13. The summed E-state index contributed by atoms with van der Waals surface area (Å²) in [4.78, 5) is 17.2. The summed E-state index contributed by atoms with van der Waals surface area (Å²) >= 11 is 1.52. The van der Waals surface area contributed by atoms with E-state index < -0.39 is 0 Å². The molecule has 4 aromatic rings. The van der Waals surface area contributed by atoms with Gasteiger partial charge in [0.05, 0.1) is 10.2 Å². The molecule has 3 heterocycles. The van der Waals surface area contributed by atoms with Crippen LogP contribution in [0.25, 0.3) is 15.9 Å². The third-order valence-corrected chi connectivity index (χ3v) is 4.68. The van der Waals surface area contributed by atoms with E-state index in [1.165, 1.54) is 11.3 Å². The lowest BCUT2D eigenvalue weighted by molar-refractivity contribution is 0.0948. The van der Waals surface area contributed by atoms with Gasteiger partial charge in [-0.15, -0.1) is 5.10 Å². The van der Waals surface area contributed by atoms with E-state index in [1.807, 2.05) is 60.3 Å². The van der Waals surface area contributed by atoms with Gasteiger partial charge in [0.2, 0.25) is 4.80 Å². The number of carbonyl (C=O) groups is 1. The van der Waals surface area contributed by atoms with Gasteiger partial charge in [-0.2, -0.15) is 0 Å². The van der Waals surface area contributed by atoms with Crippen molar-refractivity contribution in [3.8, 4) is 0 Å².